The second-order valence-corrected chi connectivity index (χ2v) is 7.76. The summed E-state index contributed by atoms with van der Waals surface area (Å²) in [6, 6.07) is 12.8. The van der Waals surface area contributed by atoms with Gasteiger partial charge in [-0.25, -0.2) is 4.98 Å². The maximum absolute atomic E-state index is 6.29. The lowest BCUT2D eigenvalue weighted by Gasteiger charge is -2.20. The van der Waals surface area contributed by atoms with Gasteiger partial charge in [-0.1, -0.05) is 35.9 Å². The minimum atomic E-state index is 0. The predicted molar refractivity (Wildman–Crippen MR) is 136 cm³/mol. The standard InChI is InChI=1S/C22H27ClN6.HI/c1-24-22(26-15-17-6-8-19(9-7-17)28-12-2-3-13-28)27-18-10-14-29(16-18)21-20(23)5-4-11-25-21;/h2-9,11,18H,10,12-16H2,1H3,(H2,24,26,27);1H. The number of guanidine groups is 1. The predicted octanol–water partition coefficient (Wildman–Crippen LogP) is 3.67. The molecule has 4 rings (SSSR count). The number of nitrogens with zero attached hydrogens (tertiary/aromatic N) is 4. The van der Waals surface area contributed by atoms with Crippen LogP contribution in [0.1, 0.15) is 12.0 Å². The Morgan fingerprint density at radius 3 is 2.63 bits per heavy atom. The van der Waals surface area contributed by atoms with E-state index < -0.39 is 0 Å². The zero-order valence-corrected chi connectivity index (χ0v) is 20.2. The van der Waals surface area contributed by atoms with Crippen molar-refractivity contribution in [2.24, 2.45) is 4.99 Å². The minimum Gasteiger partial charge on any atom is -0.364 e. The molecule has 1 unspecified atom stereocenters. The van der Waals surface area contributed by atoms with Gasteiger partial charge in [0.2, 0.25) is 0 Å². The monoisotopic (exact) mass is 538 g/mol. The van der Waals surface area contributed by atoms with Gasteiger partial charge in [-0.3, -0.25) is 4.99 Å². The molecule has 1 saturated heterocycles. The van der Waals surface area contributed by atoms with Gasteiger partial charge in [0.05, 0.1) is 5.02 Å². The zero-order chi connectivity index (χ0) is 20.1. The number of hydrogen-bond donors (Lipinski definition) is 2. The summed E-state index contributed by atoms with van der Waals surface area (Å²) >= 11 is 6.29. The second-order valence-electron chi connectivity index (χ2n) is 7.35. The van der Waals surface area contributed by atoms with Crippen LogP contribution in [0.25, 0.3) is 0 Å². The fraction of sp³-hybridized carbons (Fsp3) is 0.364. The maximum atomic E-state index is 6.29. The summed E-state index contributed by atoms with van der Waals surface area (Å²) in [5.41, 5.74) is 2.50. The van der Waals surface area contributed by atoms with Gasteiger partial charge in [0.1, 0.15) is 5.82 Å². The lowest BCUT2D eigenvalue weighted by Crippen LogP contribution is -2.44. The third-order valence-corrected chi connectivity index (χ3v) is 5.67. The molecule has 8 heteroatoms. The lowest BCUT2D eigenvalue weighted by molar-refractivity contribution is 0.648. The zero-order valence-electron chi connectivity index (χ0n) is 17.1. The second kappa shape index (κ2) is 10.9. The highest BCUT2D eigenvalue weighted by Crippen LogP contribution is 2.25. The van der Waals surface area contributed by atoms with Gasteiger partial charge in [-0.15, -0.1) is 24.0 Å². The average molecular weight is 539 g/mol. The van der Waals surface area contributed by atoms with Crippen LogP contribution >= 0.6 is 35.6 Å². The Morgan fingerprint density at radius 1 is 1.17 bits per heavy atom. The molecule has 1 atom stereocenters. The van der Waals surface area contributed by atoms with Crippen molar-refractivity contribution >= 4 is 53.0 Å². The summed E-state index contributed by atoms with van der Waals surface area (Å²) in [7, 11) is 1.81. The number of anilines is 2. The van der Waals surface area contributed by atoms with Crippen LogP contribution in [0.2, 0.25) is 5.02 Å². The van der Waals surface area contributed by atoms with E-state index in [0.717, 1.165) is 50.9 Å². The quantitative estimate of drug-likeness (QED) is 0.263. The van der Waals surface area contributed by atoms with E-state index in [2.05, 4.69) is 66.8 Å². The normalized spacial score (nSPS) is 18.5. The average Bonchev–Trinajstić information content (AvgIpc) is 3.44. The van der Waals surface area contributed by atoms with Crippen molar-refractivity contribution in [1.29, 1.82) is 0 Å². The van der Waals surface area contributed by atoms with Crippen molar-refractivity contribution in [3.05, 3.63) is 65.3 Å². The summed E-state index contributed by atoms with van der Waals surface area (Å²) in [4.78, 5) is 13.4. The molecule has 1 fully saturated rings. The molecule has 0 aliphatic carbocycles. The number of rotatable bonds is 5. The Morgan fingerprint density at radius 2 is 1.93 bits per heavy atom. The molecule has 1 aromatic carbocycles. The number of aromatic nitrogens is 1. The number of halogens is 2. The molecule has 1 aromatic heterocycles. The van der Waals surface area contributed by atoms with Crippen molar-refractivity contribution in [3.8, 4) is 0 Å². The van der Waals surface area contributed by atoms with E-state index in [1.54, 1.807) is 13.2 Å². The summed E-state index contributed by atoms with van der Waals surface area (Å²) in [6.45, 7) is 4.52. The lowest BCUT2D eigenvalue weighted by atomic mass is 10.2. The molecule has 0 radical (unpaired) electrons. The molecule has 3 heterocycles. The molecule has 2 aliphatic rings. The van der Waals surface area contributed by atoms with E-state index >= 15 is 0 Å². The first-order valence-corrected chi connectivity index (χ1v) is 10.4. The van der Waals surface area contributed by atoms with Gasteiger partial charge in [0.15, 0.2) is 5.96 Å². The first kappa shape index (κ1) is 22.7. The molecular weight excluding hydrogens is 511 g/mol. The largest absolute Gasteiger partial charge is 0.364 e. The van der Waals surface area contributed by atoms with Crippen LogP contribution in [0.3, 0.4) is 0 Å². The Hall–Kier alpha value is -2.00. The molecule has 6 nitrogen and oxygen atoms in total. The van der Waals surface area contributed by atoms with Gasteiger partial charge in [-0.2, -0.15) is 0 Å². The van der Waals surface area contributed by atoms with Crippen LogP contribution in [-0.2, 0) is 6.54 Å². The van der Waals surface area contributed by atoms with Crippen molar-refractivity contribution in [3.63, 3.8) is 0 Å². The first-order valence-electron chi connectivity index (χ1n) is 10.0. The minimum absolute atomic E-state index is 0. The van der Waals surface area contributed by atoms with E-state index in [9.17, 15) is 0 Å². The van der Waals surface area contributed by atoms with Crippen LogP contribution in [0.4, 0.5) is 11.5 Å². The Kier molecular flexibility index (Phi) is 8.21. The topological polar surface area (TPSA) is 55.8 Å². The highest BCUT2D eigenvalue weighted by atomic mass is 127. The molecule has 160 valence electrons. The molecule has 0 spiro atoms. The number of benzene rings is 1. The molecular formula is C22H28ClIN6. The van der Waals surface area contributed by atoms with Gasteiger partial charge < -0.3 is 20.4 Å². The fourth-order valence-electron chi connectivity index (χ4n) is 3.77. The summed E-state index contributed by atoms with van der Waals surface area (Å²) < 4.78 is 0. The Labute approximate surface area is 200 Å². The summed E-state index contributed by atoms with van der Waals surface area (Å²) in [5, 5.41) is 7.64. The van der Waals surface area contributed by atoms with E-state index in [-0.39, 0.29) is 24.0 Å². The van der Waals surface area contributed by atoms with Crippen molar-refractivity contribution < 1.29 is 0 Å². The number of hydrogen-bond acceptors (Lipinski definition) is 4. The highest BCUT2D eigenvalue weighted by molar-refractivity contribution is 14.0. The Bertz CT molecular complexity index is 877. The molecule has 2 aliphatic heterocycles. The van der Waals surface area contributed by atoms with Crippen LogP contribution in [0.15, 0.2) is 59.7 Å². The van der Waals surface area contributed by atoms with E-state index in [0.29, 0.717) is 11.1 Å². The van der Waals surface area contributed by atoms with Crippen LogP contribution in [0, 0.1) is 0 Å². The number of nitrogens with one attached hydrogen (secondary N) is 2. The van der Waals surface area contributed by atoms with Crippen molar-refractivity contribution in [2.45, 2.75) is 19.0 Å². The Balaban J connectivity index is 0.00000256. The molecule has 2 N–H and O–H groups in total. The van der Waals surface area contributed by atoms with E-state index in [1.165, 1.54) is 11.3 Å². The summed E-state index contributed by atoms with van der Waals surface area (Å²) in [6.07, 6.45) is 7.22. The first-order chi connectivity index (χ1) is 14.2. The van der Waals surface area contributed by atoms with E-state index in [1.807, 2.05) is 12.1 Å². The van der Waals surface area contributed by atoms with Gasteiger partial charge in [0, 0.05) is 57.7 Å². The third-order valence-electron chi connectivity index (χ3n) is 5.37. The van der Waals surface area contributed by atoms with E-state index in [4.69, 9.17) is 11.6 Å². The SMILES string of the molecule is CN=C(NCc1ccc(N2CC=CC2)cc1)NC1CCN(c2ncccc2Cl)C1.I. The van der Waals surface area contributed by atoms with Gasteiger partial charge in [-0.05, 0) is 36.2 Å². The maximum Gasteiger partial charge on any atom is 0.191 e. The van der Waals surface area contributed by atoms with Crippen molar-refractivity contribution in [2.75, 3.05) is 43.0 Å². The van der Waals surface area contributed by atoms with Crippen LogP contribution < -0.4 is 20.4 Å². The van der Waals surface area contributed by atoms with Gasteiger partial charge >= 0.3 is 0 Å². The molecule has 0 bridgehead atoms. The van der Waals surface area contributed by atoms with Crippen LogP contribution in [0.5, 0.6) is 0 Å². The summed E-state index contributed by atoms with van der Waals surface area (Å²) in [5.74, 6) is 1.67. The highest BCUT2D eigenvalue weighted by Gasteiger charge is 2.25. The molecule has 30 heavy (non-hydrogen) atoms. The third kappa shape index (κ3) is 5.57. The number of pyridine rings is 1. The molecule has 0 saturated carbocycles. The smallest absolute Gasteiger partial charge is 0.191 e. The van der Waals surface area contributed by atoms with Crippen molar-refractivity contribution in [1.82, 2.24) is 15.6 Å². The molecule has 0 amide bonds. The fourth-order valence-corrected chi connectivity index (χ4v) is 4.01. The number of aliphatic imine (C=N–C) groups is 1. The van der Waals surface area contributed by atoms with Gasteiger partial charge in [0.25, 0.3) is 0 Å². The van der Waals surface area contributed by atoms with Crippen LogP contribution in [-0.4, -0.2) is 50.2 Å². The molecule has 2 aromatic rings.